The highest BCUT2D eigenvalue weighted by atomic mass is 32.2. The zero-order chi connectivity index (χ0) is 18.6. The normalized spacial score (nSPS) is 12.4. The number of amides is 1. The van der Waals surface area contributed by atoms with Gasteiger partial charge in [-0.3, -0.25) is 4.79 Å². The first kappa shape index (κ1) is 18.7. The van der Waals surface area contributed by atoms with E-state index < -0.39 is 28.3 Å². The number of furan rings is 1. The van der Waals surface area contributed by atoms with Gasteiger partial charge in [-0.2, -0.15) is 0 Å². The van der Waals surface area contributed by atoms with Crippen LogP contribution in [0.1, 0.15) is 34.6 Å². The fraction of sp³-hybridized carbons (Fsp3) is 0.294. The summed E-state index contributed by atoms with van der Waals surface area (Å²) in [6, 6.07) is 7.24. The number of carbonyl (C=O) groups is 2. The minimum atomic E-state index is -3.45. The number of esters is 1. The van der Waals surface area contributed by atoms with E-state index in [0.717, 1.165) is 6.26 Å². The van der Waals surface area contributed by atoms with Crippen LogP contribution in [0.5, 0.6) is 0 Å². The third kappa shape index (κ3) is 4.93. The number of aryl methyl sites for hydroxylation is 1. The maximum atomic E-state index is 12.1. The van der Waals surface area contributed by atoms with Gasteiger partial charge < -0.3 is 14.5 Å². The second-order valence-electron chi connectivity index (χ2n) is 5.63. The highest BCUT2D eigenvalue weighted by Gasteiger charge is 2.18. The molecule has 1 aromatic heterocycles. The third-order valence-corrected chi connectivity index (χ3v) is 4.65. The van der Waals surface area contributed by atoms with Gasteiger partial charge in [0.25, 0.3) is 5.91 Å². The molecule has 1 atom stereocenters. The summed E-state index contributed by atoms with van der Waals surface area (Å²) in [6.07, 6.45) is 2.55. The van der Waals surface area contributed by atoms with E-state index in [1.807, 2.05) is 0 Å². The Balaban J connectivity index is 1.99. The highest BCUT2D eigenvalue weighted by Crippen LogP contribution is 2.17. The number of rotatable bonds is 6. The van der Waals surface area contributed by atoms with Crippen molar-refractivity contribution in [3.8, 4) is 0 Å². The van der Waals surface area contributed by atoms with Crippen molar-refractivity contribution in [2.75, 3.05) is 12.9 Å². The molecule has 1 aromatic carbocycles. The van der Waals surface area contributed by atoms with E-state index in [2.05, 4.69) is 5.32 Å². The fourth-order valence-corrected chi connectivity index (χ4v) is 2.80. The van der Waals surface area contributed by atoms with Crippen molar-refractivity contribution in [3.05, 3.63) is 53.5 Å². The number of hydrogen-bond donors (Lipinski definition) is 1. The average Bonchev–Trinajstić information content (AvgIpc) is 3.06. The van der Waals surface area contributed by atoms with Gasteiger partial charge in [0.2, 0.25) is 0 Å². The molecule has 7 nitrogen and oxygen atoms in total. The van der Waals surface area contributed by atoms with E-state index >= 15 is 0 Å². The van der Waals surface area contributed by atoms with Crippen molar-refractivity contribution >= 4 is 21.7 Å². The van der Waals surface area contributed by atoms with Gasteiger partial charge in [-0.05, 0) is 43.7 Å². The molecule has 0 aliphatic carbocycles. The fourth-order valence-electron chi connectivity index (χ4n) is 2.15. The van der Waals surface area contributed by atoms with Crippen LogP contribution in [0.4, 0.5) is 0 Å². The molecule has 0 bridgehead atoms. The molecule has 2 rings (SSSR count). The molecular weight excluding hydrogens is 346 g/mol. The van der Waals surface area contributed by atoms with Crippen LogP contribution in [-0.4, -0.2) is 33.2 Å². The van der Waals surface area contributed by atoms with Gasteiger partial charge in [0.05, 0.1) is 22.8 Å². The van der Waals surface area contributed by atoms with Crippen molar-refractivity contribution in [2.24, 2.45) is 0 Å². The minimum Gasteiger partial charge on any atom is -0.467 e. The first-order valence-electron chi connectivity index (χ1n) is 7.49. The van der Waals surface area contributed by atoms with E-state index in [1.165, 1.54) is 24.5 Å². The van der Waals surface area contributed by atoms with Gasteiger partial charge in [-0.25, -0.2) is 13.2 Å². The van der Waals surface area contributed by atoms with Crippen molar-refractivity contribution in [1.29, 1.82) is 0 Å². The Morgan fingerprint density at radius 1 is 1.28 bits per heavy atom. The molecule has 8 heteroatoms. The summed E-state index contributed by atoms with van der Waals surface area (Å²) >= 11 is 0. The molecule has 0 aliphatic heterocycles. The Bertz CT molecular complexity index is 871. The van der Waals surface area contributed by atoms with E-state index in [1.54, 1.807) is 26.0 Å². The van der Waals surface area contributed by atoms with Crippen LogP contribution in [0.3, 0.4) is 0 Å². The average molecular weight is 365 g/mol. The highest BCUT2D eigenvalue weighted by molar-refractivity contribution is 7.90. The molecule has 2 aromatic rings. The van der Waals surface area contributed by atoms with Crippen LogP contribution in [0.15, 0.2) is 45.9 Å². The predicted molar refractivity (Wildman–Crippen MR) is 89.8 cm³/mol. The van der Waals surface area contributed by atoms with E-state index in [4.69, 9.17) is 9.15 Å². The topological polar surface area (TPSA) is 103 Å². The van der Waals surface area contributed by atoms with Gasteiger partial charge in [0.15, 0.2) is 16.4 Å². The van der Waals surface area contributed by atoms with Crippen LogP contribution >= 0.6 is 0 Å². The second-order valence-corrected chi connectivity index (χ2v) is 7.65. The van der Waals surface area contributed by atoms with Crippen molar-refractivity contribution in [3.63, 3.8) is 0 Å². The molecule has 0 spiro atoms. The van der Waals surface area contributed by atoms with Crippen LogP contribution in [-0.2, 0) is 19.4 Å². The summed E-state index contributed by atoms with van der Waals surface area (Å²) in [7, 11) is -3.45. The Hall–Kier alpha value is -2.61. The summed E-state index contributed by atoms with van der Waals surface area (Å²) in [5.41, 5.74) is 0.663. The molecule has 0 unspecified atom stereocenters. The van der Waals surface area contributed by atoms with E-state index in [0.29, 0.717) is 11.3 Å². The van der Waals surface area contributed by atoms with E-state index in [9.17, 15) is 18.0 Å². The van der Waals surface area contributed by atoms with Crippen LogP contribution in [0.25, 0.3) is 0 Å². The quantitative estimate of drug-likeness (QED) is 0.786. The Morgan fingerprint density at radius 2 is 2.00 bits per heavy atom. The van der Waals surface area contributed by atoms with Crippen LogP contribution < -0.4 is 5.32 Å². The summed E-state index contributed by atoms with van der Waals surface area (Å²) < 4.78 is 33.3. The summed E-state index contributed by atoms with van der Waals surface area (Å²) in [5, 5.41) is 2.63. The Kier molecular flexibility index (Phi) is 5.63. The van der Waals surface area contributed by atoms with Crippen molar-refractivity contribution in [1.82, 2.24) is 5.32 Å². The Labute approximate surface area is 145 Å². The lowest BCUT2D eigenvalue weighted by molar-refractivity contribution is -0.125. The van der Waals surface area contributed by atoms with Gasteiger partial charge in [0.1, 0.15) is 5.76 Å². The SMILES string of the molecule is Cc1ccc(S(C)(=O)=O)cc1C(=O)OCC(=O)N[C@@H](C)c1ccco1. The number of nitrogens with one attached hydrogen (secondary N) is 1. The zero-order valence-electron chi connectivity index (χ0n) is 14.1. The zero-order valence-corrected chi connectivity index (χ0v) is 14.9. The van der Waals surface area contributed by atoms with Gasteiger partial charge in [-0.15, -0.1) is 0 Å². The minimum absolute atomic E-state index is 0.0148. The molecule has 1 amide bonds. The lowest BCUT2D eigenvalue weighted by Gasteiger charge is -2.12. The first-order valence-corrected chi connectivity index (χ1v) is 9.38. The van der Waals surface area contributed by atoms with E-state index in [-0.39, 0.29) is 16.5 Å². The molecule has 0 saturated heterocycles. The molecule has 134 valence electrons. The second kappa shape index (κ2) is 7.52. The summed E-state index contributed by atoms with van der Waals surface area (Å²) in [5.74, 6) is -0.672. The number of ether oxygens (including phenoxy) is 1. The maximum Gasteiger partial charge on any atom is 0.338 e. The number of sulfone groups is 1. The van der Waals surface area contributed by atoms with Crippen molar-refractivity contribution < 1.29 is 27.2 Å². The third-order valence-electron chi connectivity index (χ3n) is 3.54. The molecular formula is C17H19NO6S. The summed E-state index contributed by atoms with van der Waals surface area (Å²) in [4.78, 5) is 24.0. The summed E-state index contributed by atoms with van der Waals surface area (Å²) in [6.45, 7) is 2.91. The molecule has 1 heterocycles. The predicted octanol–water partition coefficient (Wildman–Crippen LogP) is 2.03. The first-order chi connectivity index (χ1) is 11.7. The molecule has 25 heavy (non-hydrogen) atoms. The smallest absolute Gasteiger partial charge is 0.338 e. The van der Waals surface area contributed by atoms with Crippen molar-refractivity contribution in [2.45, 2.75) is 24.8 Å². The lowest BCUT2D eigenvalue weighted by atomic mass is 10.1. The number of carbonyl (C=O) groups excluding carboxylic acids is 2. The molecule has 0 aliphatic rings. The molecule has 1 N–H and O–H groups in total. The lowest BCUT2D eigenvalue weighted by Crippen LogP contribution is -2.31. The monoisotopic (exact) mass is 365 g/mol. The molecule has 0 radical (unpaired) electrons. The van der Waals surface area contributed by atoms with Gasteiger partial charge in [0, 0.05) is 6.26 Å². The number of hydrogen-bond acceptors (Lipinski definition) is 6. The standard InChI is InChI=1S/C17H19NO6S/c1-11-6-7-13(25(3,21)22)9-14(11)17(20)24-10-16(19)18-12(2)15-5-4-8-23-15/h4-9,12H,10H2,1-3H3,(H,18,19)/t12-/m0/s1. The van der Waals surface area contributed by atoms with Gasteiger partial charge in [-0.1, -0.05) is 6.07 Å². The van der Waals surface area contributed by atoms with Crippen LogP contribution in [0.2, 0.25) is 0 Å². The molecule has 0 saturated carbocycles. The van der Waals surface area contributed by atoms with Crippen LogP contribution in [0, 0.1) is 6.92 Å². The maximum absolute atomic E-state index is 12.1. The number of benzene rings is 1. The van der Waals surface area contributed by atoms with Gasteiger partial charge >= 0.3 is 5.97 Å². The largest absolute Gasteiger partial charge is 0.467 e. The Morgan fingerprint density at radius 3 is 2.60 bits per heavy atom. The molecule has 0 fully saturated rings.